The van der Waals surface area contributed by atoms with E-state index in [0.29, 0.717) is 11.8 Å². The molecule has 0 saturated heterocycles. The lowest BCUT2D eigenvalue weighted by atomic mass is 10.2. The Balaban J connectivity index is 2.94. The number of nitrogens with one attached hydrogen (secondary N) is 1. The van der Waals surface area contributed by atoms with Crippen molar-refractivity contribution in [3.05, 3.63) is 35.7 Å². The first-order chi connectivity index (χ1) is 6.77. The van der Waals surface area contributed by atoms with E-state index in [4.69, 9.17) is 0 Å². The highest BCUT2D eigenvalue weighted by atomic mass is 16.1. The molecule has 0 fully saturated rings. The molecule has 0 aliphatic carbocycles. The third-order valence-electron chi connectivity index (χ3n) is 1.62. The Morgan fingerprint density at radius 2 is 2.29 bits per heavy atom. The van der Waals surface area contributed by atoms with E-state index >= 15 is 0 Å². The molecule has 4 nitrogen and oxygen atoms in total. The van der Waals surface area contributed by atoms with Crippen molar-refractivity contribution in [3.63, 3.8) is 0 Å². The van der Waals surface area contributed by atoms with Gasteiger partial charge >= 0.3 is 0 Å². The highest BCUT2D eigenvalue weighted by Gasteiger charge is 2.02. The van der Waals surface area contributed by atoms with Crippen LogP contribution in [0.1, 0.15) is 15.9 Å². The summed E-state index contributed by atoms with van der Waals surface area (Å²) in [6.07, 6.45) is 6.66. The number of aldehydes is 1. The van der Waals surface area contributed by atoms with Gasteiger partial charge in [0.1, 0.15) is 6.29 Å². The first-order valence-corrected chi connectivity index (χ1v) is 4.07. The van der Waals surface area contributed by atoms with E-state index in [2.05, 4.69) is 10.3 Å². The maximum absolute atomic E-state index is 11.2. The topological polar surface area (TPSA) is 59.1 Å². The van der Waals surface area contributed by atoms with Crippen molar-refractivity contribution in [2.45, 2.75) is 0 Å². The fraction of sp³-hybridized carbons (Fsp3) is 0.100. The molecule has 0 saturated carbocycles. The van der Waals surface area contributed by atoms with E-state index in [-0.39, 0.29) is 5.91 Å². The van der Waals surface area contributed by atoms with Crippen molar-refractivity contribution in [3.8, 4) is 0 Å². The number of nitrogens with zero attached hydrogens (tertiary/aromatic N) is 1. The van der Waals surface area contributed by atoms with Crippen LogP contribution in [-0.2, 0) is 4.79 Å². The van der Waals surface area contributed by atoms with Gasteiger partial charge in [-0.15, -0.1) is 0 Å². The lowest BCUT2D eigenvalue weighted by Gasteiger charge is -1.99. The van der Waals surface area contributed by atoms with Crippen LogP contribution in [0.2, 0.25) is 0 Å². The van der Waals surface area contributed by atoms with Crippen molar-refractivity contribution >= 4 is 18.3 Å². The number of carbonyl (C=O) groups excluding carboxylic acids is 2. The number of hydrogen-bond donors (Lipinski definition) is 1. The van der Waals surface area contributed by atoms with Crippen LogP contribution in [0.25, 0.3) is 6.08 Å². The van der Waals surface area contributed by atoms with Gasteiger partial charge in [-0.2, -0.15) is 0 Å². The van der Waals surface area contributed by atoms with Crippen LogP contribution in [0.4, 0.5) is 0 Å². The highest BCUT2D eigenvalue weighted by Crippen LogP contribution is 2.04. The zero-order chi connectivity index (χ0) is 10.4. The van der Waals surface area contributed by atoms with E-state index in [1.807, 2.05) is 0 Å². The Hall–Kier alpha value is -1.97. The predicted octanol–water partition coefficient (Wildman–Crippen LogP) is 0.653. The van der Waals surface area contributed by atoms with E-state index in [1.54, 1.807) is 25.4 Å². The monoisotopic (exact) mass is 190 g/mol. The first kappa shape index (κ1) is 10.1. The average molecular weight is 190 g/mol. The second kappa shape index (κ2) is 4.91. The maximum Gasteiger partial charge on any atom is 0.252 e. The smallest absolute Gasteiger partial charge is 0.252 e. The van der Waals surface area contributed by atoms with Crippen LogP contribution in [0.15, 0.2) is 24.5 Å². The quantitative estimate of drug-likeness (QED) is 0.562. The Morgan fingerprint density at radius 3 is 2.93 bits per heavy atom. The summed E-state index contributed by atoms with van der Waals surface area (Å²) >= 11 is 0. The van der Waals surface area contributed by atoms with Crippen LogP contribution in [0, 0.1) is 0 Å². The second-order valence-electron chi connectivity index (χ2n) is 2.58. The second-order valence-corrected chi connectivity index (χ2v) is 2.58. The van der Waals surface area contributed by atoms with Gasteiger partial charge in [-0.3, -0.25) is 14.6 Å². The Labute approximate surface area is 81.7 Å². The molecule has 0 bridgehead atoms. The molecule has 0 aliphatic heterocycles. The maximum atomic E-state index is 11.2. The summed E-state index contributed by atoms with van der Waals surface area (Å²) in [5, 5.41) is 2.49. The normalized spacial score (nSPS) is 10.1. The minimum Gasteiger partial charge on any atom is -0.355 e. The van der Waals surface area contributed by atoms with Gasteiger partial charge in [-0.05, 0) is 17.7 Å². The van der Waals surface area contributed by atoms with Gasteiger partial charge in [-0.25, -0.2) is 0 Å². The van der Waals surface area contributed by atoms with Crippen molar-refractivity contribution in [2.75, 3.05) is 7.05 Å². The van der Waals surface area contributed by atoms with E-state index in [9.17, 15) is 9.59 Å². The van der Waals surface area contributed by atoms with Crippen LogP contribution in [0.5, 0.6) is 0 Å². The van der Waals surface area contributed by atoms with Crippen molar-refractivity contribution in [2.24, 2.45) is 0 Å². The van der Waals surface area contributed by atoms with Gasteiger partial charge in [-0.1, -0.05) is 6.08 Å². The fourth-order valence-electron chi connectivity index (χ4n) is 0.968. The van der Waals surface area contributed by atoms with E-state index < -0.39 is 0 Å². The largest absolute Gasteiger partial charge is 0.355 e. The lowest BCUT2D eigenvalue weighted by Crippen LogP contribution is -2.17. The van der Waals surface area contributed by atoms with Gasteiger partial charge in [0.25, 0.3) is 5.91 Å². The molecule has 1 N–H and O–H groups in total. The minimum absolute atomic E-state index is 0.196. The molecular weight excluding hydrogens is 180 g/mol. The number of hydrogen-bond acceptors (Lipinski definition) is 3. The molecule has 0 aromatic carbocycles. The Morgan fingerprint density at radius 1 is 1.50 bits per heavy atom. The molecule has 0 aliphatic rings. The number of pyridine rings is 1. The Bertz CT molecular complexity index is 372. The first-order valence-electron chi connectivity index (χ1n) is 4.07. The molecule has 1 aromatic rings. The van der Waals surface area contributed by atoms with Gasteiger partial charge in [0, 0.05) is 19.4 Å². The van der Waals surface area contributed by atoms with Gasteiger partial charge < -0.3 is 5.32 Å². The number of allylic oxidation sites excluding steroid dienone is 1. The van der Waals surface area contributed by atoms with Crippen LogP contribution in [-0.4, -0.2) is 24.2 Å². The standard InChI is InChI=1S/C10H10N2O2/c1-11-10(14)9-5-8(3-2-4-13)6-12-7-9/h2-7H,1H3,(H,11,14)/b3-2+. The molecule has 4 heteroatoms. The molecule has 1 amide bonds. The predicted molar refractivity (Wildman–Crippen MR) is 52.7 cm³/mol. The molecule has 1 rings (SSSR count). The summed E-state index contributed by atoms with van der Waals surface area (Å²) in [6, 6.07) is 1.66. The molecular formula is C10H10N2O2. The summed E-state index contributed by atoms with van der Waals surface area (Å²) in [5.74, 6) is -0.196. The SMILES string of the molecule is CNC(=O)c1cncc(/C=C/C=O)c1. The molecule has 0 radical (unpaired) electrons. The third kappa shape index (κ3) is 2.52. The van der Waals surface area contributed by atoms with Crippen molar-refractivity contribution < 1.29 is 9.59 Å². The molecule has 0 spiro atoms. The van der Waals surface area contributed by atoms with Gasteiger partial charge in [0.05, 0.1) is 5.56 Å². The summed E-state index contributed by atoms with van der Waals surface area (Å²) in [6.45, 7) is 0. The number of carbonyl (C=O) groups is 2. The number of amides is 1. The molecule has 0 unspecified atom stereocenters. The fourth-order valence-corrected chi connectivity index (χ4v) is 0.968. The van der Waals surface area contributed by atoms with E-state index in [1.165, 1.54) is 12.3 Å². The Kier molecular flexibility index (Phi) is 3.55. The average Bonchev–Trinajstić information content (AvgIpc) is 2.25. The lowest BCUT2D eigenvalue weighted by molar-refractivity contribution is -0.104. The van der Waals surface area contributed by atoms with Crippen molar-refractivity contribution in [1.29, 1.82) is 0 Å². The molecule has 0 atom stereocenters. The van der Waals surface area contributed by atoms with Crippen molar-refractivity contribution in [1.82, 2.24) is 10.3 Å². The van der Waals surface area contributed by atoms with Gasteiger partial charge in [0.2, 0.25) is 0 Å². The summed E-state index contributed by atoms with van der Waals surface area (Å²) in [7, 11) is 1.55. The molecule has 1 heterocycles. The summed E-state index contributed by atoms with van der Waals surface area (Å²) in [4.78, 5) is 25.1. The summed E-state index contributed by atoms with van der Waals surface area (Å²) < 4.78 is 0. The van der Waals surface area contributed by atoms with Gasteiger partial charge in [0.15, 0.2) is 0 Å². The third-order valence-corrected chi connectivity index (χ3v) is 1.62. The number of aromatic nitrogens is 1. The van der Waals surface area contributed by atoms with Crippen LogP contribution < -0.4 is 5.32 Å². The molecule has 14 heavy (non-hydrogen) atoms. The molecule has 72 valence electrons. The number of rotatable bonds is 3. The zero-order valence-electron chi connectivity index (χ0n) is 7.73. The van der Waals surface area contributed by atoms with Crippen LogP contribution >= 0.6 is 0 Å². The summed E-state index contributed by atoms with van der Waals surface area (Å²) in [5.41, 5.74) is 1.19. The highest BCUT2D eigenvalue weighted by molar-refractivity contribution is 5.94. The van der Waals surface area contributed by atoms with E-state index in [0.717, 1.165) is 5.56 Å². The van der Waals surface area contributed by atoms with Crippen LogP contribution in [0.3, 0.4) is 0 Å². The molecule has 1 aromatic heterocycles. The zero-order valence-corrected chi connectivity index (χ0v) is 7.73. The minimum atomic E-state index is -0.196.